The van der Waals surface area contributed by atoms with Gasteiger partial charge < -0.3 is 4.74 Å². The number of carbonyl (C=O) groups excluding carboxylic acids is 1. The average molecular weight is 314 g/mol. The number of nitrogens with one attached hydrogen (secondary N) is 1. The van der Waals surface area contributed by atoms with Gasteiger partial charge in [0.05, 0.1) is 12.8 Å². The summed E-state index contributed by atoms with van der Waals surface area (Å²) in [5.41, 5.74) is 3.36. The number of para-hydroxylation sites is 1. The molecular formula is C18H19FN2O2. The highest BCUT2D eigenvalue weighted by molar-refractivity contribution is 5.95. The average Bonchev–Trinajstić information content (AvgIpc) is 2.56. The van der Waals surface area contributed by atoms with Gasteiger partial charge in [-0.2, -0.15) is 5.10 Å². The Balaban J connectivity index is 1.99. The number of amides is 1. The van der Waals surface area contributed by atoms with Gasteiger partial charge in [-0.25, -0.2) is 9.82 Å². The Morgan fingerprint density at radius 3 is 2.87 bits per heavy atom. The quantitative estimate of drug-likeness (QED) is 0.480. The smallest absolute Gasteiger partial charge is 0.271 e. The Labute approximate surface area is 135 Å². The van der Waals surface area contributed by atoms with E-state index in [0.717, 1.165) is 24.5 Å². The molecule has 5 heteroatoms. The maximum absolute atomic E-state index is 13.1. The van der Waals surface area contributed by atoms with Gasteiger partial charge in [0, 0.05) is 11.1 Å². The monoisotopic (exact) mass is 314 g/mol. The number of rotatable bonds is 7. The maximum Gasteiger partial charge on any atom is 0.271 e. The molecule has 0 aliphatic heterocycles. The molecule has 4 nitrogen and oxygen atoms in total. The fourth-order valence-electron chi connectivity index (χ4n) is 1.90. The van der Waals surface area contributed by atoms with E-state index in [1.807, 2.05) is 24.3 Å². The third-order valence-corrected chi connectivity index (χ3v) is 3.13. The molecule has 120 valence electrons. The summed E-state index contributed by atoms with van der Waals surface area (Å²) < 4.78 is 18.8. The van der Waals surface area contributed by atoms with Crippen molar-refractivity contribution in [1.29, 1.82) is 0 Å². The van der Waals surface area contributed by atoms with E-state index in [0.29, 0.717) is 12.4 Å². The topological polar surface area (TPSA) is 50.7 Å². The molecular weight excluding hydrogens is 295 g/mol. The number of nitrogens with zero attached hydrogens (tertiary/aromatic N) is 1. The summed E-state index contributed by atoms with van der Waals surface area (Å²) in [4.78, 5) is 11.9. The number of hydrogen-bond acceptors (Lipinski definition) is 3. The largest absolute Gasteiger partial charge is 0.493 e. The molecule has 23 heavy (non-hydrogen) atoms. The maximum atomic E-state index is 13.1. The van der Waals surface area contributed by atoms with Crippen LogP contribution in [0.1, 0.15) is 35.7 Å². The summed E-state index contributed by atoms with van der Waals surface area (Å²) in [5, 5.41) is 3.91. The Morgan fingerprint density at radius 1 is 1.26 bits per heavy atom. The Morgan fingerprint density at radius 2 is 2.09 bits per heavy atom. The van der Waals surface area contributed by atoms with E-state index in [1.165, 1.54) is 24.4 Å². The van der Waals surface area contributed by atoms with Gasteiger partial charge in [0.25, 0.3) is 5.91 Å². The summed E-state index contributed by atoms with van der Waals surface area (Å²) in [6.07, 6.45) is 3.54. The highest BCUT2D eigenvalue weighted by Gasteiger charge is 2.05. The molecule has 0 unspecified atom stereocenters. The van der Waals surface area contributed by atoms with E-state index in [4.69, 9.17) is 4.74 Å². The van der Waals surface area contributed by atoms with Crippen molar-refractivity contribution in [2.24, 2.45) is 5.10 Å². The predicted octanol–water partition coefficient (Wildman–Crippen LogP) is 3.77. The van der Waals surface area contributed by atoms with E-state index in [9.17, 15) is 9.18 Å². The number of hydrogen-bond donors (Lipinski definition) is 1. The molecule has 0 fully saturated rings. The van der Waals surface area contributed by atoms with Gasteiger partial charge in [-0.15, -0.1) is 0 Å². The van der Waals surface area contributed by atoms with Gasteiger partial charge in [0.2, 0.25) is 0 Å². The van der Waals surface area contributed by atoms with Crippen molar-refractivity contribution < 1.29 is 13.9 Å². The van der Waals surface area contributed by atoms with Crippen molar-refractivity contribution >= 4 is 12.1 Å². The molecule has 0 heterocycles. The molecule has 0 radical (unpaired) electrons. The fourth-order valence-corrected chi connectivity index (χ4v) is 1.90. The van der Waals surface area contributed by atoms with Crippen LogP contribution in [0.2, 0.25) is 0 Å². The number of ether oxygens (including phenoxy) is 1. The molecule has 0 atom stereocenters. The third kappa shape index (κ3) is 5.21. The molecule has 2 rings (SSSR count). The zero-order valence-electron chi connectivity index (χ0n) is 13.0. The van der Waals surface area contributed by atoms with E-state index in [-0.39, 0.29) is 5.56 Å². The number of carbonyl (C=O) groups is 1. The van der Waals surface area contributed by atoms with Gasteiger partial charge in [-0.05, 0) is 36.8 Å². The highest BCUT2D eigenvalue weighted by atomic mass is 19.1. The summed E-state index contributed by atoms with van der Waals surface area (Å²) in [7, 11) is 0. The van der Waals surface area contributed by atoms with Crippen molar-refractivity contribution in [3.63, 3.8) is 0 Å². The van der Waals surface area contributed by atoms with Gasteiger partial charge in [0.1, 0.15) is 11.6 Å². The van der Waals surface area contributed by atoms with Gasteiger partial charge in [0.15, 0.2) is 0 Å². The summed E-state index contributed by atoms with van der Waals surface area (Å²) in [6, 6.07) is 12.9. The van der Waals surface area contributed by atoms with Crippen molar-refractivity contribution in [2.75, 3.05) is 6.61 Å². The summed E-state index contributed by atoms with van der Waals surface area (Å²) in [6.45, 7) is 2.73. The third-order valence-electron chi connectivity index (χ3n) is 3.13. The predicted molar refractivity (Wildman–Crippen MR) is 88.3 cm³/mol. The molecule has 0 aliphatic carbocycles. The minimum atomic E-state index is -0.467. The van der Waals surface area contributed by atoms with Crippen LogP contribution in [0.4, 0.5) is 4.39 Å². The van der Waals surface area contributed by atoms with Crippen molar-refractivity contribution in [2.45, 2.75) is 19.8 Å². The van der Waals surface area contributed by atoms with Crippen LogP contribution in [0, 0.1) is 5.82 Å². The molecule has 0 bridgehead atoms. The Kier molecular flexibility index (Phi) is 6.29. The molecule has 0 saturated carbocycles. The molecule has 2 aromatic carbocycles. The first-order valence-corrected chi connectivity index (χ1v) is 7.51. The first-order chi connectivity index (χ1) is 11.2. The molecule has 0 saturated heterocycles. The van der Waals surface area contributed by atoms with Crippen LogP contribution in [0.3, 0.4) is 0 Å². The normalized spacial score (nSPS) is 10.7. The molecule has 0 spiro atoms. The molecule has 1 amide bonds. The van der Waals surface area contributed by atoms with Gasteiger partial charge in [-0.1, -0.05) is 31.5 Å². The molecule has 0 aliphatic rings. The Hall–Kier alpha value is -2.69. The summed E-state index contributed by atoms with van der Waals surface area (Å²) in [5.74, 6) is -0.217. The van der Waals surface area contributed by atoms with E-state index >= 15 is 0 Å². The van der Waals surface area contributed by atoms with Crippen LogP contribution < -0.4 is 10.2 Å². The zero-order valence-corrected chi connectivity index (χ0v) is 13.0. The SMILES string of the molecule is CCCCOc1ccccc1/C=N\NC(=O)c1cccc(F)c1. The molecule has 0 aromatic heterocycles. The number of unbranched alkanes of at least 4 members (excludes halogenated alkanes) is 1. The van der Waals surface area contributed by atoms with Crippen LogP contribution in [-0.4, -0.2) is 18.7 Å². The molecule has 2 aromatic rings. The van der Waals surface area contributed by atoms with Crippen LogP contribution in [0.5, 0.6) is 5.75 Å². The minimum absolute atomic E-state index is 0.217. The lowest BCUT2D eigenvalue weighted by atomic mass is 10.2. The van der Waals surface area contributed by atoms with Crippen molar-refractivity contribution in [3.05, 3.63) is 65.5 Å². The second-order valence-corrected chi connectivity index (χ2v) is 4.95. The second-order valence-electron chi connectivity index (χ2n) is 4.95. The lowest BCUT2D eigenvalue weighted by molar-refractivity contribution is 0.0954. The number of benzene rings is 2. The fraction of sp³-hybridized carbons (Fsp3) is 0.222. The first kappa shape index (κ1) is 16.7. The van der Waals surface area contributed by atoms with Crippen molar-refractivity contribution in [3.8, 4) is 5.75 Å². The van der Waals surface area contributed by atoms with Crippen molar-refractivity contribution in [1.82, 2.24) is 5.43 Å². The highest BCUT2D eigenvalue weighted by Crippen LogP contribution is 2.16. The summed E-state index contributed by atoms with van der Waals surface area (Å²) >= 11 is 0. The van der Waals surface area contributed by atoms with Crippen LogP contribution in [0.25, 0.3) is 0 Å². The van der Waals surface area contributed by atoms with Crippen LogP contribution in [-0.2, 0) is 0 Å². The van der Waals surface area contributed by atoms with Crippen LogP contribution in [0.15, 0.2) is 53.6 Å². The lowest BCUT2D eigenvalue weighted by Gasteiger charge is -2.08. The number of hydrazone groups is 1. The zero-order chi connectivity index (χ0) is 16.5. The van der Waals surface area contributed by atoms with E-state index in [2.05, 4.69) is 17.5 Å². The standard InChI is InChI=1S/C18H19FN2O2/c1-2-3-11-23-17-10-5-4-7-15(17)13-20-21-18(22)14-8-6-9-16(19)12-14/h4-10,12-13H,2-3,11H2,1H3,(H,21,22)/b20-13-. The van der Waals surface area contributed by atoms with Gasteiger partial charge in [-0.3, -0.25) is 4.79 Å². The van der Waals surface area contributed by atoms with E-state index in [1.54, 1.807) is 0 Å². The lowest BCUT2D eigenvalue weighted by Crippen LogP contribution is -2.17. The second kappa shape index (κ2) is 8.68. The first-order valence-electron chi connectivity index (χ1n) is 7.51. The van der Waals surface area contributed by atoms with E-state index < -0.39 is 11.7 Å². The minimum Gasteiger partial charge on any atom is -0.493 e. The molecule has 1 N–H and O–H groups in total. The Bertz CT molecular complexity index is 686. The van der Waals surface area contributed by atoms with Gasteiger partial charge >= 0.3 is 0 Å². The number of halogens is 1. The van der Waals surface area contributed by atoms with Crippen LogP contribution >= 0.6 is 0 Å².